The van der Waals surface area contributed by atoms with Crippen LogP contribution in [0.2, 0.25) is 0 Å². The van der Waals surface area contributed by atoms with Gasteiger partial charge in [0, 0.05) is 24.5 Å². The van der Waals surface area contributed by atoms with Crippen LogP contribution in [-0.2, 0) is 32.3 Å². The Labute approximate surface area is 295 Å². The van der Waals surface area contributed by atoms with E-state index >= 15 is 0 Å². The van der Waals surface area contributed by atoms with Crippen LogP contribution >= 0.6 is 0 Å². The lowest BCUT2D eigenvalue weighted by atomic mass is 10.1. The molecule has 12 nitrogen and oxygen atoms in total. The molecular formula is C39H40N6O6. The van der Waals surface area contributed by atoms with E-state index in [2.05, 4.69) is 20.6 Å². The number of hydrogen-bond donors (Lipinski definition) is 3. The Morgan fingerprint density at radius 1 is 0.863 bits per heavy atom. The van der Waals surface area contributed by atoms with Crippen LogP contribution in [-0.4, -0.2) is 69.4 Å². The molecule has 1 aliphatic heterocycles. The molecular weight excluding hydrogens is 648 g/mol. The Morgan fingerprint density at radius 2 is 1.55 bits per heavy atom. The Bertz CT molecular complexity index is 1970. The van der Waals surface area contributed by atoms with Gasteiger partial charge in [-0.3, -0.25) is 19.4 Å². The van der Waals surface area contributed by atoms with Gasteiger partial charge in [-0.25, -0.2) is 14.6 Å². The molecule has 0 spiro atoms. The van der Waals surface area contributed by atoms with Crippen LogP contribution in [0.25, 0.3) is 22.3 Å². The lowest BCUT2D eigenvalue weighted by molar-refractivity contribution is -0.120. The van der Waals surface area contributed by atoms with E-state index < -0.39 is 18.2 Å². The highest BCUT2D eigenvalue weighted by molar-refractivity contribution is 5.97. The van der Waals surface area contributed by atoms with Crippen molar-refractivity contribution in [2.45, 2.75) is 45.4 Å². The average molecular weight is 689 g/mol. The SMILES string of the molecule is CCCN(CC(=O)Nc1ccc(-c2cc3nc(NC(=O)[C@@H]4CCCN4C(=O)OCc4ccccc4)ccc3[nH]2)cc1)C(=O)OCc1ccccc1. The zero-order valence-electron chi connectivity index (χ0n) is 28.3. The molecule has 0 radical (unpaired) electrons. The largest absolute Gasteiger partial charge is 0.445 e. The Hall–Kier alpha value is -6.17. The van der Waals surface area contributed by atoms with Gasteiger partial charge in [0.1, 0.15) is 31.6 Å². The molecule has 51 heavy (non-hydrogen) atoms. The number of anilines is 2. The van der Waals surface area contributed by atoms with Gasteiger partial charge in [0.15, 0.2) is 0 Å². The van der Waals surface area contributed by atoms with Gasteiger partial charge < -0.3 is 25.1 Å². The lowest BCUT2D eigenvalue weighted by Crippen LogP contribution is -2.43. The third-order valence-corrected chi connectivity index (χ3v) is 8.49. The summed E-state index contributed by atoms with van der Waals surface area (Å²) in [6, 6.07) is 30.9. The maximum atomic E-state index is 13.2. The molecule has 3 aromatic carbocycles. The maximum Gasteiger partial charge on any atom is 0.410 e. The van der Waals surface area contributed by atoms with Gasteiger partial charge in [0.05, 0.1) is 11.0 Å². The summed E-state index contributed by atoms with van der Waals surface area (Å²) < 4.78 is 10.9. The summed E-state index contributed by atoms with van der Waals surface area (Å²) in [5.74, 6) is -0.268. The standard InChI is InChI=1S/C39H40N6O6/c1-2-21-44(38(48)50-25-27-10-5-3-6-11-27)24-36(46)40-30-17-15-29(16-18-30)32-23-33-31(41-32)19-20-35(42-33)43-37(47)34-14-9-22-45(34)39(49)51-26-28-12-7-4-8-13-28/h3-8,10-13,15-20,23,34,41H,2,9,14,21-22,24-26H2,1H3,(H,40,46)(H,42,43,47)/t34-/m0/s1. The third-order valence-electron chi connectivity index (χ3n) is 8.49. The van der Waals surface area contributed by atoms with E-state index in [-0.39, 0.29) is 31.6 Å². The molecule has 12 heteroatoms. The molecule has 262 valence electrons. The minimum atomic E-state index is -0.644. The molecule has 0 unspecified atom stereocenters. The summed E-state index contributed by atoms with van der Waals surface area (Å²) in [5, 5.41) is 5.72. The summed E-state index contributed by atoms with van der Waals surface area (Å²) in [7, 11) is 0. The van der Waals surface area contributed by atoms with Crippen molar-refractivity contribution in [2.75, 3.05) is 30.3 Å². The van der Waals surface area contributed by atoms with Crippen LogP contribution in [0.3, 0.4) is 0 Å². The van der Waals surface area contributed by atoms with Crippen molar-refractivity contribution in [2.24, 2.45) is 0 Å². The number of carbonyl (C=O) groups is 4. The quantitative estimate of drug-likeness (QED) is 0.129. The van der Waals surface area contributed by atoms with E-state index in [0.29, 0.717) is 49.4 Å². The number of nitrogens with zero attached hydrogens (tertiary/aromatic N) is 3. The van der Waals surface area contributed by atoms with Crippen molar-refractivity contribution in [3.63, 3.8) is 0 Å². The number of aromatic amines is 1. The topological polar surface area (TPSA) is 146 Å². The van der Waals surface area contributed by atoms with Gasteiger partial charge in [-0.05, 0) is 66.3 Å². The summed E-state index contributed by atoms with van der Waals surface area (Å²) in [5.41, 5.74) is 5.44. The molecule has 2 aromatic heterocycles. The van der Waals surface area contributed by atoms with Gasteiger partial charge in [0.25, 0.3) is 0 Å². The van der Waals surface area contributed by atoms with Gasteiger partial charge in [-0.15, -0.1) is 0 Å². The van der Waals surface area contributed by atoms with Crippen molar-refractivity contribution in [3.8, 4) is 11.3 Å². The third kappa shape index (κ3) is 9.09. The smallest absolute Gasteiger partial charge is 0.410 e. The number of H-pyrrole nitrogens is 1. The fourth-order valence-corrected chi connectivity index (χ4v) is 5.93. The van der Waals surface area contributed by atoms with Crippen LogP contribution in [0.4, 0.5) is 21.1 Å². The monoisotopic (exact) mass is 688 g/mol. The second kappa shape index (κ2) is 16.5. The molecule has 0 saturated carbocycles. The maximum absolute atomic E-state index is 13.2. The highest BCUT2D eigenvalue weighted by Crippen LogP contribution is 2.26. The summed E-state index contributed by atoms with van der Waals surface area (Å²) in [6.45, 7) is 2.91. The van der Waals surface area contributed by atoms with E-state index in [9.17, 15) is 19.2 Å². The summed E-state index contributed by atoms with van der Waals surface area (Å²) >= 11 is 0. The zero-order chi connectivity index (χ0) is 35.6. The van der Waals surface area contributed by atoms with Crippen molar-refractivity contribution in [1.82, 2.24) is 19.8 Å². The van der Waals surface area contributed by atoms with Crippen LogP contribution in [0.5, 0.6) is 0 Å². The molecule has 6 rings (SSSR count). The van der Waals surface area contributed by atoms with E-state index in [1.165, 1.54) is 9.80 Å². The fourth-order valence-electron chi connectivity index (χ4n) is 5.93. The predicted molar refractivity (Wildman–Crippen MR) is 194 cm³/mol. The minimum Gasteiger partial charge on any atom is -0.445 e. The first-order valence-corrected chi connectivity index (χ1v) is 17.0. The molecule has 5 aromatic rings. The van der Waals surface area contributed by atoms with Crippen molar-refractivity contribution >= 4 is 46.5 Å². The number of carbonyl (C=O) groups excluding carboxylic acids is 4. The highest BCUT2D eigenvalue weighted by Gasteiger charge is 2.35. The first kappa shape index (κ1) is 34.7. The molecule has 0 aliphatic carbocycles. The Kier molecular flexibility index (Phi) is 11.2. The van der Waals surface area contributed by atoms with E-state index in [1.54, 1.807) is 18.2 Å². The number of fused-ring (bicyclic) bond motifs is 1. The Balaban J connectivity index is 1.02. The van der Waals surface area contributed by atoms with Gasteiger partial charge in [0.2, 0.25) is 11.8 Å². The van der Waals surface area contributed by atoms with Crippen molar-refractivity contribution in [3.05, 3.63) is 114 Å². The number of likely N-dealkylation sites (tertiary alicyclic amines) is 1. The number of hydrogen-bond acceptors (Lipinski definition) is 7. The molecule has 3 heterocycles. The minimum absolute atomic E-state index is 0.132. The molecule has 1 aliphatic rings. The first-order valence-electron chi connectivity index (χ1n) is 17.0. The molecule has 4 amide bonds. The number of nitrogens with one attached hydrogen (secondary N) is 3. The van der Waals surface area contributed by atoms with Crippen LogP contribution in [0.1, 0.15) is 37.3 Å². The van der Waals surface area contributed by atoms with Crippen LogP contribution in [0, 0.1) is 0 Å². The molecule has 1 fully saturated rings. The van der Waals surface area contributed by atoms with Crippen molar-refractivity contribution in [1.29, 1.82) is 0 Å². The number of pyridine rings is 1. The van der Waals surface area contributed by atoms with E-state index in [4.69, 9.17) is 9.47 Å². The van der Waals surface area contributed by atoms with Gasteiger partial charge in [-0.2, -0.15) is 0 Å². The van der Waals surface area contributed by atoms with Gasteiger partial charge >= 0.3 is 12.2 Å². The fraction of sp³-hybridized carbons (Fsp3) is 0.256. The average Bonchev–Trinajstić information content (AvgIpc) is 3.82. The number of benzene rings is 3. The van der Waals surface area contributed by atoms with Crippen LogP contribution < -0.4 is 10.6 Å². The number of rotatable bonds is 12. The normalized spacial score (nSPS) is 13.8. The molecule has 3 N–H and O–H groups in total. The number of ether oxygens (including phenoxy) is 2. The van der Waals surface area contributed by atoms with E-state index in [0.717, 1.165) is 27.9 Å². The van der Waals surface area contributed by atoms with Crippen molar-refractivity contribution < 1.29 is 28.7 Å². The number of amides is 4. The molecule has 1 atom stereocenters. The Morgan fingerprint density at radius 3 is 2.24 bits per heavy atom. The second-order valence-electron chi connectivity index (χ2n) is 12.3. The number of aromatic nitrogens is 2. The van der Waals surface area contributed by atoms with Crippen LogP contribution in [0.15, 0.2) is 103 Å². The predicted octanol–water partition coefficient (Wildman–Crippen LogP) is 6.96. The summed E-state index contributed by atoms with van der Waals surface area (Å²) in [4.78, 5) is 62.4. The van der Waals surface area contributed by atoms with Gasteiger partial charge in [-0.1, -0.05) is 79.7 Å². The zero-order valence-corrected chi connectivity index (χ0v) is 28.3. The summed E-state index contributed by atoms with van der Waals surface area (Å²) in [6.07, 6.45) is 0.869. The second-order valence-corrected chi connectivity index (χ2v) is 12.3. The van der Waals surface area contributed by atoms with E-state index in [1.807, 2.05) is 91.9 Å². The molecule has 0 bridgehead atoms. The lowest BCUT2D eigenvalue weighted by Gasteiger charge is -2.23. The first-order chi connectivity index (χ1) is 24.9. The molecule has 1 saturated heterocycles. The highest BCUT2D eigenvalue weighted by atomic mass is 16.6.